The summed E-state index contributed by atoms with van der Waals surface area (Å²) in [5, 5.41) is 2.54. The van der Waals surface area contributed by atoms with Crippen molar-refractivity contribution in [3.63, 3.8) is 0 Å². The third-order valence-corrected chi connectivity index (χ3v) is 3.23. The molecule has 2 amide bonds. The Kier molecular flexibility index (Phi) is 5.90. The van der Waals surface area contributed by atoms with Gasteiger partial charge in [-0.3, -0.25) is 9.59 Å². The topological polar surface area (TPSA) is 66.5 Å². The van der Waals surface area contributed by atoms with Crippen LogP contribution in [-0.4, -0.2) is 42.6 Å². The van der Waals surface area contributed by atoms with E-state index in [9.17, 15) is 14.4 Å². The lowest BCUT2D eigenvalue weighted by atomic mass is 10.1. The van der Waals surface area contributed by atoms with Crippen molar-refractivity contribution in [3.8, 4) is 0 Å². The lowest BCUT2D eigenvalue weighted by molar-refractivity contribution is -0.136. The van der Waals surface area contributed by atoms with Gasteiger partial charge in [-0.25, -0.2) is 0 Å². The number of carbonyl (C=O) groups is 3. The minimum Gasteiger partial charge on any atom is -0.357 e. The van der Waals surface area contributed by atoms with Gasteiger partial charge < -0.3 is 15.0 Å². The van der Waals surface area contributed by atoms with Gasteiger partial charge in [-0.2, -0.15) is 0 Å². The Morgan fingerprint density at radius 2 is 2.25 bits per heavy atom. The zero-order valence-corrected chi connectivity index (χ0v) is 11.9. The number of nitrogens with zero attached hydrogens (tertiary/aromatic N) is 1. The molecule has 1 rings (SSSR count). The minimum absolute atomic E-state index is 0.215. The second kappa shape index (κ2) is 7.43. The first-order valence-electron chi connectivity index (χ1n) is 6.55. The van der Waals surface area contributed by atoms with Crippen molar-refractivity contribution in [2.45, 2.75) is 25.8 Å². The zero-order valence-electron chi connectivity index (χ0n) is 11.9. The SMILES string of the molecule is C=CC1=C(/C=C\C)CN(C(CCC=O)C(=O)NC)C1=O. The Labute approximate surface area is 119 Å². The van der Waals surface area contributed by atoms with Gasteiger partial charge in [-0.1, -0.05) is 24.8 Å². The highest BCUT2D eigenvalue weighted by Crippen LogP contribution is 2.24. The number of likely N-dealkylation sites (N-methyl/N-ethyl adjacent to an activating group) is 1. The summed E-state index contributed by atoms with van der Waals surface area (Å²) in [5.41, 5.74) is 1.36. The quantitative estimate of drug-likeness (QED) is 0.705. The molecule has 1 atom stereocenters. The van der Waals surface area contributed by atoms with E-state index in [0.29, 0.717) is 18.5 Å². The largest absolute Gasteiger partial charge is 0.357 e. The average molecular weight is 276 g/mol. The number of allylic oxidation sites excluding steroid dienone is 1. The summed E-state index contributed by atoms with van der Waals surface area (Å²) in [6, 6.07) is -0.629. The Hall–Kier alpha value is -2.17. The van der Waals surface area contributed by atoms with E-state index in [2.05, 4.69) is 11.9 Å². The fraction of sp³-hybridized carbons (Fsp3) is 0.400. The normalized spacial score (nSPS) is 16.7. The molecule has 0 bridgehead atoms. The monoisotopic (exact) mass is 276 g/mol. The van der Waals surface area contributed by atoms with Crippen LogP contribution in [0.2, 0.25) is 0 Å². The molecule has 0 saturated heterocycles. The van der Waals surface area contributed by atoms with E-state index in [1.807, 2.05) is 19.1 Å². The number of hydrogen-bond acceptors (Lipinski definition) is 3. The number of hydrogen-bond donors (Lipinski definition) is 1. The van der Waals surface area contributed by atoms with Crippen LogP contribution in [-0.2, 0) is 14.4 Å². The molecule has 0 fully saturated rings. The fourth-order valence-corrected chi connectivity index (χ4v) is 2.27. The Morgan fingerprint density at radius 3 is 2.75 bits per heavy atom. The average Bonchev–Trinajstić information content (AvgIpc) is 2.75. The molecular weight excluding hydrogens is 256 g/mol. The van der Waals surface area contributed by atoms with Gasteiger partial charge in [0.1, 0.15) is 12.3 Å². The van der Waals surface area contributed by atoms with Gasteiger partial charge in [-0.05, 0) is 18.9 Å². The van der Waals surface area contributed by atoms with E-state index >= 15 is 0 Å². The van der Waals surface area contributed by atoms with E-state index in [1.165, 1.54) is 18.0 Å². The van der Waals surface area contributed by atoms with Crippen molar-refractivity contribution in [2.75, 3.05) is 13.6 Å². The highest BCUT2D eigenvalue weighted by Gasteiger charge is 2.35. The first kappa shape index (κ1) is 15.9. The van der Waals surface area contributed by atoms with Crippen LogP contribution in [0.25, 0.3) is 0 Å². The summed E-state index contributed by atoms with van der Waals surface area (Å²) in [6.07, 6.45) is 6.52. The predicted octanol–water partition coefficient (Wildman–Crippen LogP) is 0.981. The lowest BCUT2D eigenvalue weighted by Gasteiger charge is -2.26. The molecule has 5 heteroatoms. The predicted molar refractivity (Wildman–Crippen MR) is 76.9 cm³/mol. The second-order valence-corrected chi connectivity index (χ2v) is 4.45. The Bertz CT molecular complexity index is 478. The van der Waals surface area contributed by atoms with Crippen molar-refractivity contribution in [1.82, 2.24) is 10.2 Å². The third-order valence-electron chi connectivity index (χ3n) is 3.23. The lowest BCUT2D eigenvalue weighted by Crippen LogP contribution is -2.47. The zero-order chi connectivity index (χ0) is 15.1. The van der Waals surface area contributed by atoms with Crippen LogP contribution < -0.4 is 5.32 Å². The third kappa shape index (κ3) is 3.23. The minimum atomic E-state index is -0.629. The maximum Gasteiger partial charge on any atom is 0.255 e. The van der Waals surface area contributed by atoms with Gasteiger partial charge in [0.05, 0.1) is 0 Å². The highest BCUT2D eigenvalue weighted by molar-refractivity contribution is 6.02. The van der Waals surface area contributed by atoms with Gasteiger partial charge in [0.25, 0.3) is 5.91 Å². The van der Waals surface area contributed by atoms with Crippen LogP contribution in [0, 0.1) is 0 Å². The molecule has 5 nitrogen and oxygen atoms in total. The molecule has 0 spiro atoms. The molecule has 1 aliphatic rings. The summed E-state index contributed by atoms with van der Waals surface area (Å²) >= 11 is 0. The first-order chi connectivity index (χ1) is 9.60. The van der Waals surface area contributed by atoms with E-state index in [1.54, 1.807) is 0 Å². The van der Waals surface area contributed by atoms with Crippen molar-refractivity contribution in [1.29, 1.82) is 0 Å². The van der Waals surface area contributed by atoms with Crippen molar-refractivity contribution < 1.29 is 14.4 Å². The molecule has 1 N–H and O–H groups in total. The van der Waals surface area contributed by atoms with Crippen LogP contribution in [0.3, 0.4) is 0 Å². The smallest absolute Gasteiger partial charge is 0.255 e. The van der Waals surface area contributed by atoms with Gasteiger partial charge >= 0.3 is 0 Å². The maximum absolute atomic E-state index is 12.3. The summed E-state index contributed by atoms with van der Waals surface area (Å²) in [5.74, 6) is -0.474. The molecule has 0 aromatic heterocycles. The molecule has 0 aromatic carbocycles. The standard InChI is InChI=1S/C15H20N2O3/c1-4-7-11-10-17(15(20)12(11)5-2)13(8-6-9-18)14(19)16-3/h4-5,7,9,13H,2,6,8,10H2,1,3H3,(H,16,19)/b7-4-. The van der Waals surface area contributed by atoms with E-state index in [-0.39, 0.29) is 18.2 Å². The summed E-state index contributed by atoms with van der Waals surface area (Å²) in [4.78, 5) is 36.3. The molecule has 0 aliphatic carbocycles. The number of carbonyl (C=O) groups excluding carboxylic acids is 3. The molecule has 108 valence electrons. The molecule has 20 heavy (non-hydrogen) atoms. The number of amides is 2. The summed E-state index contributed by atoms with van der Waals surface area (Å²) < 4.78 is 0. The number of nitrogens with one attached hydrogen (secondary N) is 1. The van der Waals surface area contributed by atoms with E-state index in [0.717, 1.165) is 11.9 Å². The van der Waals surface area contributed by atoms with Crippen LogP contribution in [0.5, 0.6) is 0 Å². The number of aldehydes is 1. The van der Waals surface area contributed by atoms with Gasteiger partial charge in [0.15, 0.2) is 0 Å². The van der Waals surface area contributed by atoms with Crippen molar-refractivity contribution in [3.05, 3.63) is 36.0 Å². The highest BCUT2D eigenvalue weighted by atomic mass is 16.2. The first-order valence-corrected chi connectivity index (χ1v) is 6.55. The molecule has 0 aromatic rings. The van der Waals surface area contributed by atoms with Gasteiger partial charge in [0.2, 0.25) is 5.91 Å². The van der Waals surface area contributed by atoms with E-state index < -0.39 is 6.04 Å². The summed E-state index contributed by atoms with van der Waals surface area (Å²) in [6.45, 7) is 5.88. The van der Waals surface area contributed by atoms with E-state index in [4.69, 9.17) is 0 Å². The van der Waals surface area contributed by atoms with Crippen LogP contribution in [0.15, 0.2) is 36.0 Å². The molecule has 0 radical (unpaired) electrons. The van der Waals surface area contributed by atoms with Gasteiger partial charge in [0, 0.05) is 25.6 Å². The van der Waals surface area contributed by atoms with Crippen molar-refractivity contribution in [2.24, 2.45) is 0 Å². The summed E-state index contributed by atoms with van der Waals surface area (Å²) in [7, 11) is 1.52. The van der Waals surface area contributed by atoms with Gasteiger partial charge in [-0.15, -0.1) is 0 Å². The molecule has 1 heterocycles. The van der Waals surface area contributed by atoms with Crippen LogP contribution >= 0.6 is 0 Å². The molecule has 1 unspecified atom stereocenters. The Morgan fingerprint density at radius 1 is 1.55 bits per heavy atom. The second-order valence-electron chi connectivity index (χ2n) is 4.45. The maximum atomic E-state index is 12.3. The number of rotatable bonds is 7. The fourth-order valence-electron chi connectivity index (χ4n) is 2.27. The molecular formula is C15H20N2O3. The van der Waals surface area contributed by atoms with Crippen LogP contribution in [0.4, 0.5) is 0 Å². The molecule has 0 saturated carbocycles. The molecule has 1 aliphatic heterocycles. The van der Waals surface area contributed by atoms with Crippen LogP contribution in [0.1, 0.15) is 19.8 Å². The van der Waals surface area contributed by atoms with Crippen molar-refractivity contribution >= 4 is 18.1 Å². The Balaban J connectivity index is 3.01.